The fourth-order valence-electron chi connectivity index (χ4n) is 5.36. The van der Waals surface area contributed by atoms with Crippen molar-refractivity contribution in [3.63, 3.8) is 0 Å². The molecule has 3 aliphatic heterocycles. The zero-order valence-electron chi connectivity index (χ0n) is 22.4. The van der Waals surface area contributed by atoms with Crippen LogP contribution in [0.4, 0.5) is 0 Å². The smallest absolute Gasteiger partial charge is 0.258 e. The maximum Gasteiger partial charge on any atom is 0.258 e. The predicted octanol–water partition coefficient (Wildman–Crippen LogP) is 4.00. The molecule has 40 heavy (non-hydrogen) atoms. The highest BCUT2D eigenvalue weighted by molar-refractivity contribution is 5.95. The lowest BCUT2D eigenvalue weighted by molar-refractivity contribution is -0.123. The standard InChI is InChI=1S/C32H32N4O4/c1-21-7-10-24-16-29(21)39-20-30(37)34-17-22-8-11-26(12-9-22)40-28-13-15-36(19-27(28)35-32(24)38)18-25-5-2-4-23-6-3-14-33-31(23)25/h2-12,14,16,27-28H,13,15,17-20H2,1H3,(H,34,37)(H,35,38)/t27-,28-/m0/s1. The molecule has 7 rings (SSSR count). The lowest BCUT2D eigenvalue weighted by Gasteiger charge is -2.39. The molecular formula is C32H32N4O4. The summed E-state index contributed by atoms with van der Waals surface area (Å²) in [4.78, 5) is 32.8. The number of para-hydroxylation sites is 1. The van der Waals surface area contributed by atoms with E-state index in [0.29, 0.717) is 24.4 Å². The first-order valence-corrected chi connectivity index (χ1v) is 13.6. The zero-order chi connectivity index (χ0) is 27.5. The lowest BCUT2D eigenvalue weighted by atomic mass is 9.99. The molecule has 0 unspecified atom stereocenters. The van der Waals surface area contributed by atoms with Crippen LogP contribution in [0.15, 0.2) is 79.0 Å². The largest absolute Gasteiger partial charge is 0.488 e. The molecule has 1 aromatic heterocycles. The van der Waals surface area contributed by atoms with E-state index < -0.39 is 0 Å². The highest BCUT2D eigenvalue weighted by Gasteiger charge is 2.33. The number of aromatic nitrogens is 1. The van der Waals surface area contributed by atoms with Crippen LogP contribution in [0.2, 0.25) is 0 Å². The van der Waals surface area contributed by atoms with E-state index in [2.05, 4.69) is 44.8 Å². The summed E-state index contributed by atoms with van der Waals surface area (Å²) in [6.07, 6.45) is 2.38. The van der Waals surface area contributed by atoms with Crippen molar-refractivity contribution in [3.8, 4) is 11.5 Å². The van der Waals surface area contributed by atoms with Crippen molar-refractivity contribution >= 4 is 22.7 Å². The molecule has 4 heterocycles. The van der Waals surface area contributed by atoms with Gasteiger partial charge in [0.05, 0.1) is 11.6 Å². The van der Waals surface area contributed by atoms with Crippen molar-refractivity contribution < 1.29 is 19.1 Å². The first kappa shape index (κ1) is 25.8. The maximum absolute atomic E-state index is 13.5. The average Bonchev–Trinajstić information content (AvgIpc) is 2.97. The zero-order valence-corrected chi connectivity index (χ0v) is 22.4. The molecule has 8 nitrogen and oxygen atoms in total. The van der Waals surface area contributed by atoms with Gasteiger partial charge in [-0.2, -0.15) is 0 Å². The number of rotatable bonds is 2. The van der Waals surface area contributed by atoms with E-state index in [0.717, 1.165) is 52.9 Å². The van der Waals surface area contributed by atoms with Crippen LogP contribution in [0.25, 0.3) is 10.9 Å². The van der Waals surface area contributed by atoms with E-state index in [1.54, 1.807) is 12.1 Å². The quantitative estimate of drug-likeness (QED) is 0.402. The molecule has 0 spiro atoms. The SMILES string of the molecule is Cc1ccc2cc1OCC(=O)NCc1ccc(cc1)O[C@H]1CCN(Cc3cccc4cccnc34)C[C@@H]1NC2=O. The van der Waals surface area contributed by atoms with Crippen molar-refractivity contribution in [2.45, 2.75) is 38.6 Å². The first-order chi connectivity index (χ1) is 19.5. The molecule has 3 aromatic carbocycles. The Hall–Kier alpha value is -4.43. The lowest BCUT2D eigenvalue weighted by Crippen LogP contribution is -2.56. The van der Waals surface area contributed by atoms with E-state index >= 15 is 0 Å². The molecule has 1 saturated heterocycles. The summed E-state index contributed by atoms with van der Waals surface area (Å²) in [5.41, 5.74) is 4.45. The summed E-state index contributed by atoms with van der Waals surface area (Å²) in [5, 5.41) is 7.23. The van der Waals surface area contributed by atoms with E-state index in [4.69, 9.17) is 9.47 Å². The summed E-state index contributed by atoms with van der Waals surface area (Å²) < 4.78 is 12.2. The number of hydrogen-bond acceptors (Lipinski definition) is 6. The number of amides is 2. The second-order valence-corrected chi connectivity index (χ2v) is 10.4. The minimum Gasteiger partial charge on any atom is -0.488 e. The van der Waals surface area contributed by atoms with Crippen LogP contribution in [0.3, 0.4) is 0 Å². The van der Waals surface area contributed by atoms with Gasteiger partial charge < -0.3 is 20.1 Å². The number of likely N-dealkylation sites (tertiary alicyclic amines) is 1. The van der Waals surface area contributed by atoms with Crippen LogP contribution in [-0.2, 0) is 17.9 Å². The summed E-state index contributed by atoms with van der Waals surface area (Å²) in [7, 11) is 0. The average molecular weight is 537 g/mol. The second kappa shape index (κ2) is 11.4. The Labute approximate surface area is 233 Å². The Morgan fingerprint density at radius 1 is 1.02 bits per heavy atom. The fourth-order valence-corrected chi connectivity index (χ4v) is 5.36. The summed E-state index contributed by atoms with van der Waals surface area (Å²) in [5.74, 6) is 0.807. The topological polar surface area (TPSA) is 92.8 Å². The van der Waals surface area contributed by atoms with Gasteiger partial charge in [0.25, 0.3) is 11.8 Å². The number of carbonyl (C=O) groups is 2. The molecule has 0 saturated carbocycles. The van der Waals surface area contributed by atoms with Gasteiger partial charge in [-0.15, -0.1) is 0 Å². The van der Waals surface area contributed by atoms with Gasteiger partial charge in [0.2, 0.25) is 0 Å². The fraction of sp³-hybridized carbons (Fsp3) is 0.281. The van der Waals surface area contributed by atoms with E-state index in [-0.39, 0.29) is 30.6 Å². The normalized spacial score (nSPS) is 20.0. The second-order valence-electron chi connectivity index (χ2n) is 10.4. The number of pyridine rings is 1. The molecule has 8 heteroatoms. The Bertz CT molecular complexity index is 1530. The van der Waals surface area contributed by atoms with Crippen molar-refractivity contribution in [1.82, 2.24) is 20.5 Å². The number of nitrogens with one attached hydrogen (secondary N) is 2. The van der Waals surface area contributed by atoms with Crippen molar-refractivity contribution in [2.24, 2.45) is 0 Å². The number of benzene rings is 3. The number of aryl methyl sites for hydroxylation is 1. The van der Waals surface area contributed by atoms with E-state index in [1.807, 2.05) is 49.5 Å². The molecule has 2 N–H and O–H groups in total. The van der Waals surface area contributed by atoms with Gasteiger partial charge in [-0.3, -0.25) is 19.5 Å². The van der Waals surface area contributed by atoms with Gasteiger partial charge in [-0.1, -0.05) is 42.5 Å². The first-order valence-electron chi connectivity index (χ1n) is 13.6. The molecular weight excluding hydrogens is 504 g/mol. The number of nitrogens with zero attached hydrogens (tertiary/aromatic N) is 2. The molecule has 3 aliphatic rings. The number of hydrogen-bond donors (Lipinski definition) is 2. The highest BCUT2D eigenvalue weighted by Crippen LogP contribution is 2.25. The minimum atomic E-state index is -0.242. The van der Waals surface area contributed by atoms with Crippen molar-refractivity contribution in [2.75, 3.05) is 19.7 Å². The molecule has 0 aliphatic carbocycles. The maximum atomic E-state index is 13.5. The van der Waals surface area contributed by atoms with Crippen LogP contribution in [0.5, 0.6) is 11.5 Å². The van der Waals surface area contributed by atoms with Crippen LogP contribution < -0.4 is 20.1 Å². The predicted molar refractivity (Wildman–Crippen MR) is 152 cm³/mol. The van der Waals surface area contributed by atoms with Crippen LogP contribution in [0, 0.1) is 6.92 Å². The number of carbonyl (C=O) groups excluding carboxylic acids is 2. The Morgan fingerprint density at radius 3 is 2.75 bits per heavy atom. The summed E-state index contributed by atoms with van der Waals surface area (Å²) in [6.45, 7) is 4.34. The van der Waals surface area contributed by atoms with Crippen molar-refractivity contribution in [1.29, 1.82) is 0 Å². The van der Waals surface area contributed by atoms with Crippen LogP contribution >= 0.6 is 0 Å². The summed E-state index contributed by atoms with van der Waals surface area (Å²) >= 11 is 0. The van der Waals surface area contributed by atoms with Gasteiger partial charge in [0, 0.05) is 43.3 Å². The molecule has 204 valence electrons. The molecule has 4 aromatic rings. The number of ether oxygens (including phenoxy) is 2. The van der Waals surface area contributed by atoms with E-state index in [1.165, 1.54) is 0 Å². The third kappa shape index (κ3) is 5.77. The molecule has 2 amide bonds. The summed E-state index contributed by atoms with van der Waals surface area (Å²) in [6, 6.07) is 23.1. The van der Waals surface area contributed by atoms with Gasteiger partial charge >= 0.3 is 0 Å². The molecule has 1 fully saturated rings. The van der Waals surface area contributed by atoms with Crippen LogP contribution in [-0.4, -0.2) is 53.5 Å². The van der Waals surface area contributed by atoms with Crippen molar-refractivity contribution in [3.05, 3.63) is 101 Å². The highest BCUT2D eigenvalue weighted by atomic mass is 16.5. The van der Waals surface area contributed by atoms with Gasteiger partial charge in [0.1, 0.15) is 17.6 Å². The third-order valence-corrected chi connectivity index (χ3v) is 7.57. The monoisotopic (exact) mass is 536 g/mol. The molecule has 4 bridgehead atoms. The van der Waals surface area contributed by atoms with Crippen LogP contribution in [0.1, 0.15) is 33.5 Å². The molecule has 2 atom stereocenters. The third-order valence-electron chi connectivity index (χ3n) is 7.57. The Morgan fingerprint density at radius 2 is 1.88 bits per heavy atom. The molecule has 0 radical (unpaired) electrons. The Kier molecular flexibility index (Phi) is 7.33. The number of piperidine rings is 1. The minimum absolute atomic E-state index is 0.129. The van der Waals surface area contributed by atoms with E-state index in [9.17, 15) is 9.59 Å². The van der Waals surface area contributed by atoms with Gasteiger partial charge in [-0.05, 0) is 60.4 Å². The Balaban J connectivity index is 1.28. The number of fused-ring (bicyclic) bond motifs is 8. The van der Waals surface area contributed by atoms with Gasteiger partial charge in [-0.25, -0.2) is 0 Å². The van der Waals surface area contributed by atoms with Gasteiger partial charge in [0.15, 0.2) is 6.61 Å².